The van der Waals surface area contributed by atoms with Crippen LogP contribution in [0.2, 0.25) is 0 Å². The molecule has 3 rings (SSSR count). The molecule has 31 heavy (non-hydrogen) atoms. The second-order valence-corrected chi connectivity index (χ2v) is 7.07. The van der Waals surface area contributed by atoms with Gasteiger partial charge in [0.1, 0.15) is 12.6 Å². The van der Waals surface area contributed by atoms with Gasteiger partial charge in [0, 0.05) is 0 Å². The lowest BCUT2D eigenvalue weighted by molar-refractivity contribution is -0.147. The van der Waals surface area contributed by atoms with Crippen molar-refractivity contribution in [1.82, 2.24) is 5.32 Å². The van der Waals surface area contributed by atoms with Crippen molar-refractivity contribution >= 4 is 17.8 Å². The van der Waals surface area contributed by atoms with Crippen molar-refractivity contribution in [1.29, 1.82) is 0 Å². The summed E-state index contributed by atoms with van der Waals surface area (Å²) >= 11 is 0. The smallest absolute Gasteiger partial charge is 0.308 e. The van der Waals surface area contributed by atoms with E-state index in [1.54, 1.807) is 0 Å². The van der Waals surface area contributed by atoms with Crippen molar-refractivity contribution < 1.29 is 19.1 Å². The van der Waals surface area contributed by atoms with Gasteiger partial charge in [-0.2, -0.15) is 0 Å². The van der Waals surface area contributed by atoms with Crippen molar-refractivity contribution in [2.24, 2.45) is 5.73 Å². The molecule has 6 heteroatoms. The molecule has 0 aliphatic rings. The van der Waals surface area contributed by atoms with Crippen molar-refractivity contribution in [3.8, 4) is 0 Å². The normalized spacial score (nSPS) is 11.5. The number of nitrogens with two attached hydrogens (primary N) is 1. The van der Waals surface area contributed by atoms with Crippen LogP contribution in [0.25, 0.3) is 0 Å². The zero-order valence-electron chi connectivity index (χ0n) is 16.9. The zero-order chi connectivity index (χ0) is 22.1. The highest BCUT2D eigenvalue weighted by atomic mass is 16.5. The fourth-order valence-corrected chi connectivity index (χ4v) is 3.23. The summed E-state index contributed by atoms with van der Waals surface area (Å²) in [6.45, 7) is 0.0791. The maximum atomic E-state index is 13.1. The van der Waals surface area contributed by atoms with Gasteiger partial charge in [0.15, 0.2) is 0 Å². The highest BCUT2D eigenvalue weighted by Gasteiger charge is 2.28. The third-order valence-corrected chi connectivity index (χ3v) is 4.80. The van der Waals surface area contributed by atoms with Gasteiger partial charge in [-0.15, -0.1) is 0 Å². The number of hydrogen-bond donors (Lipinski definition) is 2. The Labute approximate surface area is 181 Å². The molecular weight excluding hydrogens is 392 g/mol. The number of ether oxygens (including phenoxy) is 1. The van der Waals surface area contributed by atoms with Gasteiger partial charge < -0.3 is 15.8 Å². The van der Waals surface area contributed by atoms with Crippen LogP contribution >= 0.6 is 0 Å². The molecule has 1 atom stereocenters. The van der Waals surface area contributed by atoms with Gasteiger partial charge in [-0.1, -0.05) is 91.0 Å². The van der Waals surface area contributed by atoms with Crippen LogP contribution in [0.15, 0.2) is 91.0 Å². The van der Waals surface area contributed by atoms with Crippen molar-refractivity contribution in [3.63, 3.8) is 0 Å². The Morgan fingerprint density at radius 3 is 1.74 bits per heavy atom. The molecule has 0 bridgehead atoms. The predicted octanol–water partition coefficient (Wildman–Crippen LogP) is 2.92. The highest BCUT2D eigenvalue weighted by Crippen LogP contribution is 2.25. The summed E-state index contributed by atoms with van der Waals surface area (Å²) in [5.74, 6) is -2.49. The summed E-state index contributed by atoms with van der Waals surface area (Å²) in [5, 5.41) is 2.63. The first kappa shape index (κ1) is 21.8. The number of benzene rings is 3. The van der Waals surface area contributed by atoms with Gasteiger partial charge >= 0.3 is 5.97 Å². The van der Waals surface area contributed by atoms with Crippen LogP contribution in [0, 0.1) is 0 Å². The predicted molar refractivity (Wildman–Crippen MR) is 117 cm³/mol. The van der Waals surface area contributed by atoms with Crippen LogP contribution in [-0.4, -0.2) is 23.8 Å². The molecule has 0 aromatic heterocycles. The molecule has 0 aliphatic carbocycles. The van der Waals surface area contributed by atoms with Gasteiger partial charge in [-0.3, -0.25) is 14.4 Å². The van der Waals surface area contributed by atoms with Crippen LogP contribution < -0.4 is 11.1 Å². The van der Waals surface area contributed by atoms with E-state index in [-0.39, 0.29) is 13.0 Å². The Morgan fingerprint density at radius 1 is 0.774 bits per heavy atom. The molecular formula is C25H24N2O4. The molecule has 3 aromatic carbocycles. The number of hydrogen-bond acceptors (Lipinski definition) is 4. The number of amides is 2. The van der Waals surface area contributed by atoms with Crippen LogP contribution in [0.3, 0.4) is 0 Å². The van der Waals surface area contributed by atoms with Crippen molar-refractivity contribution in [3.05, 3.63) is 108 Å². The Hall–Kier alpha value is -3.93. The number of esters is 1. The van der Waals surface area contributed by atoms with E-state index in [9.17, 15) is 14.4 Å². The summed E-state index contributed by atoms with van der Waals surface area (Å²) in [6, 6.07) is 26.4. The summed E-state index contributed by atoms with van der Waals surface area (Å²) in [5.41, 5.74) is 7.81. The van der Waals surface area contributed by atoms with Crippen LogP contribution in [0.5, 0.6) is 0 Å². The molecule has 0 spiro atoms. The van der Waals surface area contributed by atoms with E-state index in [1.807, 2.05) is 91.0 Å². The van der Waals surface area contributed by atoms with E-state index in [1.165, 1.54) is 0 Å². The standard InChI is InChI=1S/C25H24N2O4/c26-24(29)21(16-22(28)31-17-18-10-4-1-5-11-18)27-25(30)23(19-12-6-2-7-13-19)20-14-8-3-9-15-20/h1-15,21,23H,16-17H2,(H2,26,29)(H,27,30)/t21-/m1/s1. The minimum atomic E-state index is -1.18. The molecule has 0 fully saturated rings. The summed E-state index contributed by atoms with van der Waals surface area (Å²) < 4.78 is 5.22. The van der Waals surface area contributed by atoms with Gasteiger partial charge in [0.2, 0.25) is 11.8 Å². The first-order valence-electron chi connectivity index (χ1n) is 9.93. The summed E-state index contributed by atoms with van der Waals surface area (Å²) in [7, 11) is 0. The molecule has 0 saturated carbocycles. The topological polar surface area (TPSA) is 98.5 Å². The van der Waals surface area contributed by atoms with E-state index >= 15 is 0 Å². The third-order valence-electron chi connectivity index (χ3n) is 4.80. The summed E-state index contributed by atoms with van der Waals surface area (Å²) in [6.07, 6.45) is -0.343. The zero-order valence-corrected chi connectivity index (χ0v) is 16.9. The Bertz CT molecular complexity index is 968. The lowest BCUT2D eigenvalue weighted by Gasteiger charge is -2.21. The lowest BCUT2D eigenvalue weighted by Crippen LogP contribution is -2.47. The number of carbonyl (C=O) groups excluding carboxylic acids is 3. The van der Waals surface area contributed by atoms with E-state index in [0.717, 1.165) is 16.7 Å². The first-order valence-corrected chi connectivity index (χ1v) is 9.93. The fourth-order valence-electron chi connectivity index (χ4n) is 3.23. The molecule has 0 aliphatic heterocycles. The maximum absolute atomic E-state index is 13.1. The monoisotopic (exact) mass is 416 g/mol. The SMILES string of the molecule is NC(=O)[C@@H](CC(=O)OCc1ccccc1)NC(=O)C(c1ccccc1)c1ccccc1. The largest absolute Gasteiger partial charge is 0.461 e. The van der Waals surface area contributed by atoms with E-state index in [2.05, 4.69) is 5.32 Å². The summed E-state index contributed by atoms with van der Waals surface area (Å²) in [4.78, 5) is 37.3. The van der Waals surface area contributed by atoms with E-state index < -0.39 is 29.7 Å². The molecule has 6 nitrogen and oxygen atoms in total. The Kier molecular flexibility index (Phi) is 7.54. The first-order chi connectivity index (χ1) is 15.0. The highest BCUT2D eigenvalue weighted by molar-refractivity contribution is 5.93. The molecule has 3 N–H and O–H groups in total. The van der Waals surface area contributed by atoms with Crippen molar-refractivity contribution in [2.75, 3.05) is 0 Å². The van der Waals surface area contributed by atoms with Gasteiger partial charge in [0.25, 0.3) is 0 Å². The molecule has 0 unspecified atom stereocenters. The number of rotatable bonds is 9. The van der Waals surface area contributed by atoms with Crippen molar-refractivity contribution in [2.45, 2.75) is 25.0 Å². The van der Waals surface area contributed by atoms with Gasteiger partial charge in [-0.25, -0.2) is 0 Å². The average molecular weight is 416 g/mol. The molecule has 3 aromatic rings. The van der Waals surface area contributed by atoms with Gasteiger partial charge in [-0.05, 0) is 16.7 Å². The molecule has 158 valence electrons. The molecule has 2 amide bonds. The minimum absolute atomic E-state index is 0.0791. The van der Waals surface area contributed by atoms with E-state index in [0.29, 0.717) is 0 Å². The second-order valence-electron chi connectivity index (χ2n) is 7.07. The lowest BCUT2D eigenvalue weighted by atomic mass is 9.90. The number of primary amides is 1. The van der Waals surface area contributed by atoms with Crippen LogP contribution in [0.4, 0.5) is 0 Å². The third kappa shape index (κ3) is 6.27. The number of nitrogens with one attached hydrogen (secondary N) is 1. The Balaban J connectivity index is 1.70. The number of carbonyl (C=O) groups is 3. The average Bonchev–Trinajstić information content (AvgIpc) is 2.79. The maximum Gasteiger partial charge on any atom is 0.308 e. The van der Waals surface area contributed by atoms with Crippen LogP contribution in [0.1, 0.15) is 29.0 Å². The fraction of sp³-hybridized carbons (Fsp3) is 0.160. The molecule has 0 heterocycles. The molecule has 0 saturated heterocycles. The Morgan fingerprint density at radius 2 is 1.26 bits per heavy atom. The van der Waals surface area contributed by atoms with Gasteiger partial charge in [0.05, 0.1) is 12.3 Å². The second kappa shape index (κ2) is 10.7. The van der Waals surface area contributed by atoms with E-state index in [4.69, 9.17) is 10.5 Å². The van der Waals surface area contributed by atoms with Crippen LogP contribution in [-0.2, 0) is 25.7 Å². The minimum Gasteiger partial charge on any atom is -0.461 e. The molecule has 0 radical (unpaired) electrons. The quantitative estimate of drug-likeness (QED) is 0.524.